The molecule has 0 radical (unpaired) electrons. The molecular weight excluding hydrogens is 432 g/mol. The molecule has 1 aromatic carbocycles. The average Bonchev–Trinajstić information content (AvgIpc) is 3.48. The molecule has 1 amide bonds. The minimum Gasteiger partial charge on any atom is -0.494 e. The number of carbonyl (C=O) groups is 1. The molecule has 1 unspecified atom stereocenters. The minimum absolute atomic E-state index is 0.0118. The van der Waals surface area contributed by atoms with Crippen molar-refractivity contribution < 1.29 is 9.53 Å². The van der Waals surface area contributed by atoms with E-state index in [1.165, 1.54) is 24.3 Å². The lowest BCUT2D eigenvalue weighted by Crippen LogP contribution is -2.35. The first-order valence-electron chi connectivity index (χ1n) is 11.9. The molecule has 0 aliphatic carbocycles. The lowest BCUT2D eigenvalue weighted by molar-refractivity contribution is 0.0984. The predicted octanol–water partition coefficient (Wildman–Crippen LogP) is 5.05. The van der Waals surface area contributed by atoms with Gasteiger partial charge in [-0.25, -0.2) is 4.98 Å². The second-order valence-electron chi connectivity index (χ2n) is 8.82. The van der Waals surface area contributed by atoms with Crippen molar-refractivity contribution in [3.63, 3.8) is 0 Å². The van der Waals surface area contributed by atoms with Gasteiger partial charge in [0.25, 0.3) is 5.91 Å². The summed E-state index contributed by atoms with van der Waals surface area (Å²) in [5.41, 5.74) is 1.71. The molecule has 3 aromatic rings. The van der Waals surface area contributed by atoms with Gasteiger partial charge in [0, 0.05) is 47.5 Å². The van der Waals surface area contributed by atoms with E-state index in [4.69, 9.17) is 9.72 Å². The van der Waals surface area contributed by atoms with Crippen molar-refractivity contribution in [1.29, 1.82) is 0 Å². The van der Waals surface area contributed by atoms with Crippen LogP contribution in [0.5, 0.6) is 5.75 Å². The molecule has 0 N–H and O–H groups in total. The zero-order chi connectivity index (χ0) is 22.6. The van der Waals surface area contributed by atoms with Crippen molar-refractivity contribution in [2.75, 3.05) is 31.1 Å². The molecule has 172 valence electrons. The fourth-order valence-electron chi connectivity index (χ4n) is 4.67. The van der Waals surface area contributed by atoms with E-state index in [1.807, 2.05) is 17.0 Å². The van der Waals surface area contributed by atoms with Crippen LogP contribution in [0.25, 0.3) is 10.6 Å². The molecule has 5 rings (SSSR count). The molecule has 7 heteroatoms. The quantitative estimate of drug-likeness (QED) is 0.460. The topological polar surface area (TPSA) is 58.6 Å². The number of thiazole rings is 1. The number of likely N-dealkylation sites (tertiary alicyclic amines) is 1. The Bertz CT molecular complexity index is 1080. The summed E-state index contributed by atoms with van der Waals surface area (Å²) in [6, 6.07) is 12.4. The number of benzene rings is 1. The number of anilines is 1. The molecule has 4 heterocycles. The van der Waals surface area contributed by atoms with E-state index in [0.717, 1.165) is 54.6 Å². The highest BCUT2D eigenvalue weighted by Gasteiger charge is 2.27. The van der Waals surface area contributed by atoms with Crippen molar-refractivity contribution in [3.8, 4) is 16.3 Å². The van der Waals surface area contributed by atoms with Gasteiger partial charge in [0.05, 0.1) is 6.61 Å². The molecule has 33 heavy (non-hydrogen) atoms. The largest absolute Gasteiger partial charge is 0.494 e. The molecule has 1 atom stereocenters. The molecule has 2 aliphatic heterocycles. The van der Waals surface area contributed by atoms with Gasteiger partial charge in [0.2, 0.25) is 0 Å². The first kappa shape index (κ1) is 22.0. The fourth-order valence-corrected chi connectivity index (χ4v) is 5.78. The predicted molar refractivity (Wildman–Crippen MR) is 132 cm³/mol. The summed E-state index contributed by atoms with van der Waals surface area (Å²) >= 11 is 1.68. The molecule has 0 spiro atoms. The summed E-state index contributed by atoms with van der Waals surface area (Å²) in [5, 5.41) is 0.948. The second-order valence-corrected chi connectivity index (χ2v) is 9.90. The second kappa shape index (κ2) is 10.0. The molecule has 2 aliphatic rings. The van der Waals surface area contributed by atoms with Gasteiger partial charge in [-0.1, -0.05) is 0 Å². The summed E-state index contributed by atoms with van der Waals surface area (Å²) in [7, 11) is 0. The van der Waals surface area contributed by atoms with Crippen molar-refractivity contribution in [3.05, 3.63) is 59.2 Å². The molecule has 2 aromatic heterocycles. The maximum atomic E-state index is 13.0. The molecule has 1 fully saturated rings. The van der Waals surface area contributed by atoms with Crippen LogP contribution in [0, 0.1) is 0 Å². The number of amides is 1. The highest BCUT2D eigenvalue weighted by molar-refractivity contribution is 7.15. The third-order valence-electron chi connectivity index (χ3n) is 6.54. The SMILES string of the molecule is CC1CCCN1CCCOc1ccc(-c2nc3c(s2)CCCN3C(=O)c2ccncc2)cc1. The number of ether oxygens (including phenoxy) is 1. The van der Waals surface area contributed by atoms with Gasteiger partial charge in [0.1, 0.15) is 16.6 Å². The number of fused-ring (bicyclic) bond motifs is 1. The maximum absolute atomic E-state index is 13.0. The summed E-state index contributed by atoms with van der Waals surface area (Å²) in [5.74, 6) is 1.69. The van der Waals surface area contributed by atoms with Gasteiger partial charge in [-0.2, -0.15) is 0 Å². The smallest absolute Gasteiger partial charge is 0.259 e. The minimum atomic E-state index is -0.0118. The average molecular weight is 463 g/mol. The number of nitrogens with zero attached hydrogens (tertiary/aromatic N) is 4. The fraction of sp³-hybridized carbons (Fsp3) is 0.423. The van der Waals surface area contributed by atoms with Crippen LogP contribution in [0.4, 0.5) is 5.82 Å². The van der Waals surface area contributed by atoms with Crippen molar-refractivity contribution in [1.82, 2.24) is 14.9 Å². The molecule has 0 saturated carbocycles. The van der Waals surface area contributed by atoms with Crippen LogP contribution in [0.1, 0.15) is 47.8 Å². The highest BCUT2D eigenvalue weighted by atomic mass is 32.1. The van der Waals surface area contributed by atoms with Crippen LogP contribution in [0.3, 0.4) is 0 Å². The summed E-state index contributed by atoms with van der Waals surface area (Å²) < 4.78 is 5.97. The molecular formula is C26H30N4O2S. The Morgan fingerprint density at radius 3 is 2.70 bits per heavy atom. The normalized spacial score (nSPS) is 18.3. The number of rotatable bonds is 7. The molecule has 1 saturated heterocycles. The van der Waals surface area contributed by atoms with E-state index in [9.17, 15) is 4.79 Å². The number of carbonyl (C=O) groups excluding carboxylic acids is 1. The van der Waals surface area contributed by atoms with Crippen LogP contribution >= 0.6 is 11.3 Å². The Labute approximate surface area is 199 Å². The first-order valence-corrected chi connectivity index (χ1v) is 12.7. The Hall–Kier alpha value is -2.77. The van der Waals surface area contributed by atoms with E-state index < -0.39 is 0 Å². The number of hydrogen-bond donors (Lipinski definition) is 0. The maximum Gasteiger partial charge on any atom is 0.259 e. The Morgan fingerprint density at radius 2 is 1.94 bits per heavy atom. The first-order chi connectivity index (χ1) is 16.2. The summed E-state index contributed by atoms with van der Waals surface area (Å²) in [6.07, 6.45) is 8.91. The van der Waals surface area contributed by atoms with Gasteiger partial charge in [-0.05, 0) is 82.0 Å². The highest BCUT2D eigenvalue weighted by Crippen LogP contribution is 2.37. The van der Waals surface area contributed by atoms with Gasteiger partial charge in [-0.15, -0.1) is 11.3 Å². The summed E-state index contributed by atoms with van der Waals surface area (Å²) in [4.78, 5) is 27.4. The third kappa shape index (κ3) is 4.94. The monoisotopic (exact) mass is 462 g/mol. The number of hydrogen-bond acceptors (Lipinski definition) is 6. The Balaban J connectivity index is 1.22. The van der Waals surface area contributed by atoms with Gasteiger partial charge >= 0.3 is 0 Å². The molecule has 6 nitrogen and oxygen atoms in total. The lowest BCUT2D eigenvalue weighted by atomic mass is 10.1. The molecule has 0 bridgehead atoms. The van der Waals surface area contributed by atoms with E-state index >= 15 is 0 Å². The lowest BCUT2D eigenvalue weighted by Gasteiger charge is -2.25. The number of aromatic nitrogens is 2. The zero-order valence-corrected chi connectivity index (χ0v) is 19.9. The third-order valence-corrected chi connectivity index (χ3v) is 7.69. The Kier molecular flexibility index (Phi) is 6.69. The standard InChI is InChI=1S/C26H30N4O2S/c1-19-5-2-15-29(19)16-4-18-32-22-9-7-20(8-10-22)25-28-24-23(33-25)6-3-17-30(24)26(31)21-11-13-27-14-12-21/h7-14,19H,2-6,15-18H2,1H3. The van der Waals surface area contributed by atoms with Crippen molar-refractivity contribution in [2.24, 2.45) is 0 Å². The van der Waals surface area contributed by atoms with Crippen LogP contribution in [-0.2, 0) is 6.42 Å². The van der Waals surface area contributed by atoms with Crippen molar-refractivity contribution >= 4 is 23.1 Å². The van der Waals surface area contributed by atoms with Gasteiger partial charge in [0.15, 0.2) is 0 Å². The van der Waals surface area contributed by atoms with E-state index in [2.05, 4.69) is 28.9 Å². The van der Waals surface area contributed by atoms with E-state index in [1.54, 1.807) is 35.9 Å². The van der Waals surface area contributed by atoms with Crippen molar-refractivity contribution in [2.45, 2.75) is 45.1 Å². The van der Waals surface area contributed by atoms with Crippen LogP contribution in [0.2, 0.25) is 0 Å². The Morgan fingerprint density at radius 1 is 1.12 bits per heavy atom. The van der Waals surface area contributed by atoms with Crippen LogP contribution in [-0.4, -0.2) is 53.1 Å². The van der Waals surface area contributed by atoms with Gasteiger partial charge in [-0.3, -0.25) is 14.7 Å². The summed E-state index contributed by atoms with van der Waals surface area (Å²) in [6.45, 7) is 6.08. The van der Waals surface area contributed by atoms with Crippen LogP contribution in [0.15, 0.2) is 48.8 Å². The van der Waals surface area contributed by atoms with E-state index in [0.29, 0.717) is 18.2 Å². The number of aryl methyl sites for hydroxylation is 1. The zero-order valence-electron chi connectivity index (χ0n) is 19.1. The van der Waals surface area contributed by atoms with Gasteiger partial charge < -0.3 is 9.64 Å². The number of pyridine rings is 1. The van der Waals surface area contributed by atoms with Crippen LogP contribution < -0.4 is 9.64 Å². The van der Waals surface area contributed by atoms with E-state index in [-0.39, 0.29) is 5.91 Å².